The molecule has 4 saturated carbocycles. The van der Waals surface area contributed by atoms with E-state index in [2.05, 4.69) is 67.7 Å². The topological polar surface area (TPSA) is 49.7 Å². The molecule has 4 rings (SSSR count). The Labute approximate surface area is 181 Å². The van der Waals surface area contributed by atoms with E-state index in [0.717, 1.165) is 25.7 Å². The molecule has 0 aromatic rings. The number of hydrogen-bond acceptors (Lipinski definition) is 3. The van der Waals surface area contributed by atoms with Crippen molar-refractivity contribution in [1.82, 2.24) is 0 Å². The Morgan fingerprint density at radius 2 is 0.966 bits per heavy atom. The highest BCUT2D eigenvalue weighted by Crippen LogP contribution is 2.73. The largest absolute Gasteiger partial charge is 0.452 e. The van der Waals surface area contributed by atoms with Crippen LogP contribution >= 0.6 is 0 Å². The molecule has 4 fully saturated rings. The molecule has 4 aliphatic rings. The molecule has 29 heavy (non-hydrogen) atoms. The lowest BCUT2D eigenvalue weighted by Gasteiger charge is -2.58. The third kappa shape index (κ3) is 2.20. The Bertz CT molecular complexity index is 672. The molecule has 4 aliphatic carbocycles. The molecular weight excluding hydrogens is 392 g/mol. The normalized spacial score (nSPS) is 50.5. The summed E-state index contributed by atoms with van der Waals surface area (Å²) in [6.07, 6.45) is 6.41. The van der Waals surface area contributed by atoms with Crippen LogP contribution in [0.25, 0.3) is 0 Å². The van der Waals surface area contributed by atoms with Gasteiger partial charge in [0.25, 0.3) is 0 Å². The molecule has 0 aromatic heterocycles. The second kappa shape index (κ2) is 5.62. The van der Waals surface area contributed by atoms with E-state index in [0.29, 0.717) is 11.8 Å². The van der Waals surface area contributed by atoms with Crippen LogP contribution in [0.15, 0.2) is 0 Å². The molecule has 0 aromatic carbocycles. The zero-order valence-corrected chi connectivity index (χ0v) is 22.7. The number of rotatable bonds is 4. The fraction of sp³-hybridized carbons (Fsp3) is 1.00. The van der Waals surface area contributed by atoms with E-state index in [9.17, 15) is 10.2 Å². The molecule has 4 bridgehead atoms. The van der Waals surface area contributed by atoms with Crippen molar-refractivity contribution in [3.05, 3.63) is 0 Å². The summed E-state index contributed by atoms with van der Waals surface area (Å²) in [5, 5.41) is 23.1. The van der Waals surface area contributed by atoms with Gasteiger partial charge in [0, 0.05) is 10.8 Å². The first-order valence-corrected chi connectivity index (χ1v) is 17.8. The highest BCUT2D eigenvalue weighted by atomic mass is 28.4. The number of aliphatic hydroxyl groups is 2. The SMILES string of the molecule is CC1(C)C2CCC1(C)C(O)([Si](C)(C)O[Si](C)(C)C1(O)CC3CCC1(C)C3(C)C)C2. The zero-order chi connectivity index (χ0) is 22.1. The smallest absolute Gasteiger partial charge is 0.206 e. The van der Waals surface area contributed by atoms with Crippen molar-refractivity contribution in [3.63, 3.8) is 0 Å². The maximum Gasteiger partial charge on any atom is 0.206 e. The monoisotopic (exact) mass is 438 g/mol. The van der Waals surface area contributed by atoms with E-state index in [1.54, 1.807) is 0 Å². The van der Waals surface area contributed by atoms with E-state index in [4.69, 9.17) is 4.12 Å². The van der Waals surface area contributed by atoms with E-state index in [1.165, 1.54) is 12.8 Å². The van der Waals surface area contributed by atoms with Crippen LogP contribution in [0.3, 0.4) is 0 Å². The highest BCUT2D eigenvalue weighted by molar-refractivity contribution is 6.87. The summed E-state index contributed by atoms with van der Waals surface area (Å²) in [4.78, 5) is 0. The van der Waals surface area contributed by atoms with Crippen molar-refractivity contribution in [3.8, 4) is 0 Å². The minimum absolute atomic E-state index is 0.0919. The van der Waals surface area contributed by atoms with Crippen LogP contribution in [0.5, 0.6) is 0 Å². The molecule has 0 spiro atoms. The number of fused-ring (bicyclic) bond motifs is 4. The zero-order valence-electron chi connectivity index (χ0n) is 20.7. The van der Waals surface area contributed by atoms with Crippen LogP contribution in [-0.2, 0) is 4.12 Å². The molecule has 5 heteroatoms. The molecule has 3 nitrogen and oxygen atoms in total. The van der Waals surface area contributed by atoms with Gasteiger partial charge in [-0.15, -0.1) is 0 Å². The summed E-state index contributed by atoms with van der Waals surface area (Å²) < 4.78 is 7.20. The van der Waals surface area contributed by atoms with Crippen molar-refractivity contribution in [1.29, 1.82) is 0 Å². The third-order valence-electron chi connectivity index (χ3n) is 12.3. The highest BCUT2D eigenvalue weighted by Gasteiger charge is 2.77. The van der Waals surface area contributed by atoms with Crippen molar-refractivity contribution >= 4 is 16.6 Å². The summed E-state index contributed by atoms with van der Waals surface area (Å²) in [6.45, 7) is 23.1. The predicted octanol–water partition coefficient (Wildman–Crippen LogP) is 5.65. The first kappa shape index (κ1) is 22.5. The van der Waals surface area contributed by atoms with Crippen molar-refractivity contribution in [2.75, 3.05) is 0 Å². The molecule has 0 radical (unpaired) electrons. The van der Waals surface area contributed by atoms with Gasteiger partial charge in [-0.3, -0.25) is 0 Å². The van der Waals surface area contributed by atoms with Crippen molar-refractivity contribution in [2.24, 2.45) is 33.5 Å². The fourth-order valence-corrected chi connectivity index (χ4v) is 20.7. The molecule has 0 aliphatic heterocycles. The maximum absolute atomic E-state index is 12.3. The average Bonchev–Trinajstić information content (AvgIpc) is 3.04. The minimum Gasteiger partial charge on any atom is -0.452 e. The maximum atomic E-state index is 12.3. The van der Waals surface area contributed by atoms with Crippen molar-refractivity contribution < 1.29 is 14.3 Å². The van der Waals surface area contributed by atoms with Crippen molar-refractivity contribution in [2.45, 2.75) is 117 Å². The van der Waals surface area contributed by atoms with Gasteiger partial charge in [0.05, 0.1) is 10.4 Å². The molecule has 168 valence electrons. The Morgan fingerprint density at radius 3 is 1.17 bits per heavy atom. The first-order valence-electron chi connectivity index (χ1n) is 12.0. The predicted molar refractivity (Wildman–Crippen MR) is 124 cm³/mol. The van der Waals surface area contributed by atoms with Crippen LogP contribution in [-0.4, -0.2) is 37.3 Å². The lowest BCUT2D eigenvalue weighted by Crippen LogP contribution is -2.73. The summed E-state index contributed by atoms with van der Waals surface area (Å²) >= 11 is 0. The standard InChI is InChI=1S/C24H46O3Si2/c1-19(2)17-11-13-21(19,5)23(25,15-17)28(7,8)27-29(9,10)24(26)16-18-12-14-22(24,6)20(18,3)4/h17-18,25-26H,11-16H2,1-10H3. The van der Waals surface area contributed by atoms with Crippen LogP contribution < -0.4 is 0 Å². The summed E-state index contributed by atoms with van der Waals surface area (Å²) in [5.74, 6) is 1.17. The summed E-state index contributed by atoms with van der Waals surface area (Å²) in [6, 6.07) is 0. The Balaban J connectivity index is 1.69. The van der Waals surface area contributed by atoms with Crippen LogP contribution in [0, 0.1) is 33.5 Å². The Hall–Kier alpha value is 0.314. The third-order valence-corrected chi connectivity index (χ3v) is 21.9. The van der Waals surface area contributed by atoms with Gasteiger partial charge in [-0.25, -0.2) is 0 Å². The quantitative estimate of drug-likeness (QED) is 0.558. The molecule has 0 heterocycles. The van der Waals surface area contributed by atoms with Gasteiger partial charge in [-0.2, -0.15) is 0 Å². The number of hydrogen-bond donors (Lipinski definition) is 2. The summed E-state index contributed by atoms with van der Waals surface area (Å²) in [7, 11) is -5.02. The van der Waals surface area contributed by atoms with E-state index in [-0.39, 0.29) is 21.7 Å². The van der Waals surface area contributed by atoms with Gasteiger partial charge < -0.3 is 14.3 Å². The van der Waals surface area contributed by atoms with E-state index >= 15 is 0 Å². The molecule has 6 unspecified atom stereocenters. The second-order valence-electron chi connectivity index (χ2n) is 13.8. The lowest BCUT2D eigenvalue weighted by atomic mass is 9.69. The molecule has 0 amide bonds. The minimum atomic E-state index is -2.51. The first-order chi connectivity index (χ1) is 12.8. The Kier molecular flexibility index (Phi) is 4.36. The lowest BCUT2D eigenvalue weighted by molar-refractivity contribution is -0.0529. The summed E-state index contributed by atoms with van der Waals surface area (Å²) in [5.41, 5.74) is 0.118. The van der Waals surface area contributed by atoms with Crippen LogP contribution in [0.2, 0.25) is 26.2 Å². The molecule has 0 saturated heterocycles. The van der Waals surface area contributed by atoms with Crippen LogP contribution in [0.1, 0.15) is 80.1 Å². The molecule has 6 atom stereocenters. The Morgan fingerprint density at radius 1 is 0.655 bits per heavy atom. The molecule has 2 N–H and O–H groups in total. The van der Waals surface area contributed by atoms with Gasteiger partial charge in [0.15, 0.2) is 0 Å². The fourth-order valence-electron chi connectivity index (χ4n) is 9.18. The van der Waals surface area contributed by atoms with E-state index < -0.39 is 27.1 Å². The van der Waals surface area contributed by atoms with Gasteiger partial charge >= 0.3 is 0 Å². The van der Waals surface area contributed by atoms with Gasteiger partial charge in [0.1, 0.15) is 0 Å². The van der Waals surface area contributed by atoms with Crippen LogP contribution in [0.4, 0.5) is 0 Å². The molecular formula is C24H46O3Si2. The van der Waals surface area contributed by atoms with E-state index in [1.807, 2.05) is 0 Å². The van der Waals surface area contributed by atoms with Gasteiger partial charge in [0.2, 0.25) is 16.6 Å². The van der Waals surface area contributed by atoms with Gasteiger partial charge in [-0.1, -0.05) is 41.5 Å². The van der Waals surface area contributed by atoms with Gasteiger partial charge in [-0.05, 0) is 87.4 Å². The average molecular weight is 439 g/mol. The second-order valence-corrected chi connectivity index (χ2v) is 22.3.